The molecule has 0 amide bonds. The molecule has 9 nitrogen and oxygen atoms in total. The SMILES string of the molecule is COC(=O)C1=C(C)Nc2ncnn2C1c1cccc([N+](=O)[O-])c1. The van der Waals surface area contributed by atoms with Gasteiger partial charge in [-0.2, -0.15) is 10.1 Å². The molecule has 0 spiro atoms. The van der Waals surface area contributed by atoms with Gasteiger partial charge in [0.2, 0.25) is 5.95 Å². The molecule has 0 fully saturated rings. The lowest BCUT2D eigenvalue weighted by molar-refractivity contribution is -0.384. The molecule has 2 heterocycles. The Morgan fingerprint density at radius 1 is 1.48 bits per heavy atom. The van der Waals surface area contributed by atoms with Crippen LogP contribution in [0.15, 0.2) is 41.9 Å². The molecule has 1 aliphatic heterocycles. The van der Waals surface area contributed by atoms with E-state index in [9.17, 15) is 14.9 Å². The van der Waals surface area contributed by atoms with Crippen molar-refractivity contribution in [3.8, 4) is 0 Å². The summed E-state index contributed by atoms with van der Waals surface area (Å²) in [6.07, 6.45) is 1.35. The number of ether oxygens (including phenoxy) is 1. The van der Waals surface area contributed by atoms with Crippen molar-refractivity contribution >= 4 is 17.6 Å². The van der Waals surface area contributed by atoms with E-state index in [0.717, 1.165) is 0 Å². The fourth-order valence-electron chi connectivity index (χ4n) is 2.58. The highest BCUT2D eigenvalue weighted by molar-refractivity contribution is 5.92. The number of non-ortho nitro benzene ring substituents is 1. The molecule has 1 aromatic carbocycles. The van der Waals surface area contributed by atoms with Crippen LogP contribution in [0.1, 0.15) is 18.5 Å². The van der Waals surface area contributed by atoms with Crippen LogP contribution >= 0.6 is 0 Å². The summed E-state index contributed by atoms with van der Waals surface area (Å²) in [5, 5.41) is 18.1. The van der Waals surface area contributed by atoms with Crippen molar-refractivity contribution in [3.63, 3.8) is 0 Å². The highest BCUT2D eigenvalue weighted by Crippen LogP contribution is 2.35. The van der Waals surface area contributed by atoms with E-state index < -0.39 is 16.9 Å². The van der Waals surface area contributed by atoms with Crippen molar-refractivity contribution in [3.05, 3.63) is 57.5 Å². The molecule has 0 radical (unpaired) electrons. The second-order valence-electron chi connectivity index (χ2n) is 4.94. The molecule has 1 N–H and O–H groups in total. The molecule has 0 bridgehead atoms. The first-order valence-electron chi connectivity index (χ1n) is 6.73. The lowest BCUT2D eigenvalue weighted by Crippen LogP contribution is -2.29. The van der Waals surface area contributed by atoms with Crippen LogP contribution in [0, 0.1) is 10.1 Å². The number of rotatable bonds is 3. The maximum absolute atomic E-state index is 12.2. The van der Waals surface area contributed by atoms with Crippen molar-refractivity contribution < 1.29 is 14.5 Å². The maximum atomic E-state index is 12.2. The highest BCUT2D eigenvalue weighted by Gasteiger charge is 2.34. The standard InChI is InChI=1S/C14H13N5O4/c1-8-11(13(20)23-2)12(18-14(17-8)15-7-16-18)9-4-3-5-10(6-9)19(21)22/h3-7,12H,1-2H3,(H,15,16,17). The molecule has 0 saturated heterocycles. The van der Waals surface area contributed by atoms with Crippen LogP contribution in [0.25, 0.3) is 0 Å². The number of carbonyl (C=O) groups excluding carboxylic acids is 1. The first-order chi connectivity index (χ1) is 11.0. The summed E-state index contributed by atoms with van der Waals surface area (Å²) in [4.78, 5) is 26.8. The number of aromatic nitrogens is 3. The second-order valence-corrected chi connectivity index (χ2v) is 4.94. The van der Waals surface area contributed by atoms with Crippen molar-refractivity contribution in [2.75, 3.05) is 12.4 Å². The Balaban J connectivity index is 2.19. The zero-order chi connectivity index (χ0) is 16.6. The van der Waals surface area contributed by atoms with E-state index in [-0.39, 0.29) is 5.69 Å². The number of nitrogens with zero attached hydrogens (tertiary/aromatic N) is 4. The molecule has 1 unspecified atom stereocenters. The van der Waals surface area contributed by atoms with Crippen molar-refractivity contribution in [2.45, 2.75) is 13.0 Å². The minimum atomic E-state index is -0.652. The van der Waals surface area contributed by atoms with Crippen LogP contribution in [0.3, 0.4) is 0 Å². The summed E-state index contributed by atoms with van der Waals surface area (Å²) in [6.45, 7) is 1.72. The average Bonchev–Trinajstić information content (AvgIpc) is 3.00. The van der Waals surface area contributed by atoms with Gasteiger partial charge < -0.3 is 10.1 Å². The number of anilines is 1. The number of benzene rings is 1. The van der Waals surface area contributed by atoms with Gasteiger partial charge in [-0.3, -0.25) is 10.1 Å². The second kappa shape index (κ2) is 5.52. The minimum Gasteiger partial charge on any atom is -0.466 e. The van der Waals surface area contributed by atoms with Crippen LogP contribution < -0.4 is 5.32 Å². The van der Waals surface area contributed by atoms with Gasteiger partial charge in [-0.15, -0.1) is 0 Å². The van der Waals surface area contributed by atoms with Gasteiger partial charge in [-0.05, 0) is 12.5 Å². The first kappa shape index (κ1) is 14.7. The summed E-state index contributed by atoms with van der Waals surface area (Å²) >= 11 is 0. The third-order valence-electron chi connectivity index (χ3n) is 3.60. The molecular weight excluding hydrogens is 302 g/mol. The molecule has 1 aliphatic rings. The van der Waals surface area contributed by atoms with Gasteiger partial charge in [-0.25, -0.2) is 9.48 Å². The lowest BCUT2D eigenvalue weighted by atomic mass is 9.95. The van der Waals surface area contributed by atoms with Crippen molar-refractivity contribution in [1.29, 1.82) is 0 Å². The molecule has 118 valence electrons. The van der Waals surface area contributed by atoms with E-state index in [1.807, 2.05) is 0 Å². The van der Waals surface area contributed by atoms with E-state index in [0.29, 0.717) is 22.8 Å². The van der Waals surface area contributed by atoms with Gasteiger partial charge in [0.15, 0.2) is 0 Å². The van der Waals surface area contributed by atoms with Crippen molar-refractivity contribution in [1.82, 2.24) is 14.8 Å². The summed E-state index contributed by atoms with van der Waals surface area (Å²) in [5.74, 6) is -0.0840. The molecule has 9 heteroatoms. The third kappa shape index (κ3) is 2.41. The van der Waals surface area contributed by atoms with E-state index in [4.69, 9.17) is 4.74 Å². The van der Waals surface area contributed by atoms with Gasteiger partial charge in [0.1, 0.15) is 12.4 Å². The van der Waals surface area contributed by atoms with Crippen LogP contribution in [-0.2, 0) is 9.53 Å². The number of carbonyl (C=O) groups is 1. The molecule has 3 rings (SSSR count). The molecule has 23 heavy (non-hydrogen) atoms. The molecule has 1 aromatic heterocycles. The van der Waals surface area contributed by atoms with Crippen LogP contribution in [0.5, 0.6) is 0 Å². The molecule has 0 saturated carbocycles. The number of methoxy groups -OCH3 is 1. The van der Waals surface area contributed by atoms with Crippen LogP contribution in [-0.4, -0.2) is 32.8 Å². The van der Waals surface area contributed by atoms with Gasteiger partial charge in [0, 0.05) is 17.8 Å². The zero-order valence-electron chi connectivity index (χ0n) is 12.4. The van der Waals surface area contributed by atoms with E-state index in [1.165, 1.54) is 30.3 Å². The predicted octanol–water partition coefficient (Wildman–Crippen LogP) is 1.65. The van der Waals surface area contributed by atoms with Gasteiger partial charge in [-0.1, -0.05) is 12.1 Å². The summed E-state index contributed by atoms with van der Waals surface area (Å²) in [5.41, 5.74) is 1.37. The highest BCUT2D eigenvalue weighted by atomic mass is 16.6. The summed E-state index contributed by atoms with van der Waals surface area (Å²) in [7, 11) is 1.28. The number of nitro benzene ring substituents is 1. The largest absolute Gasteiger partial charge is 0.466 e. The van der Waals surface area contributed by atoms with E-state index >= 15 is 0 Å². The fourth-order valence-corrected chi connectivity index (χ4v) is 2.58. The Morgan fingerprint density at radius 3 is 2.96 bits per heavy atom. The van der Waals surface area contributed by atoms with Crippen LogP contribution in [0.2, 0.25) is 0 Å². The normalized spacial score (nSPS) is 16.5. The first-order valence-corrected chi connectivity index (χ1v) is 6.73. The Kier molecular flexibility index (Phi) is 3.53. The Labute approximate surface area is 130 Å². The topological polar surface area (TPSA) is 112 Å². The number of fused-ring (bicyclic) bond motifs is 1. The Hall–Kier alpha value is -3.23. The zero-order valence-corrected chi connectivity index (χ0v) is 12.4. The summed E-state index contributed by atoms with van der Waals surface area (Å²) < 4.78 is 6.35. The number of allylic oxidation sites excluding steroid dienone is 1. The number of hydrogen-bond acceptors (Lipinski definition) is 7. The smallest absolute Gasteiger partial charge is 0.338 e. The summed E-state index contributed by atoms with van der Waals surface area (Å²) in [6, 6.07) is 5.42. The van der Waals surface area contributed by atoms with Crippen LogP contribution in [0.4, 0.5) is 11.6 Å². The number of nitro groups is 1. The number of nitrogens with one attached hydrogen (secondary N) is 1. The molecule has 0 aliphatic carbocycles. The number of esters is 1. The van der Waals surface area contributed by atoms with E-state index in [1.54, 1.807) is 19.1 Å². The molecule has 1 atom stereocenters. The molecular formula is C14H13N5O4. The predicted molar refractivity (Wildman–Crippen MR) is 79.6 cm³/mol. The number of hydrogen-bond donors (Lipinski definition) is 1. The van der Waals surface area contributed by atoms with Gasteiger partial charge in [0.25, 0.3) is 5.69 Å². The van der Waals surface area contributed by atoms with E-state index in [2.05, 4.69) is 15.4 Å². The average molecular weight is 315 g/mol. The maximum Gasteiger partial charge on any atom is 0.338 e. The lowest BCUT2D eigenvalue weighted by Gasteiger charge is -2.27. The quantitative estimate of drug-likeness (QED) is 0.520. The Bertz CT molecular complexity index is 826. The van der Waals surface area contributed by atoms with Crippen molar-refractivity contribution in [2.24, 2.45) is 0 Å². The minimum absolute atomic E-state index is 0.0652. The van der Waals surface area contributed by atoms with Gasteiger partial charge >= 0.3 is 5.97 Å². The third-order valence-corrected chi connectivity index (χ3v) is 3.60. The Morgan fingerprint density at radius 2 is 2.26 bits per heavy atom. The molecule has 2 aromatic rings. The fraction of sp³-hybridized carbons (Fsp3) is 0.214. The monoisotopic (exact) mass is 315 g/mol. The van der Waals surface area contributed by atoms with Gasteiger partial charge in [0.05, 0.1) is 17.6 Å².